The smallest absolute Gasteiger partial charge is 0.0420 e. The molecule has 16 heavy (non-hydrogen) atoms. The molecular weight excluding hydrogens is 194 g/mol. The van der Waals surface area contributed by atoms with Crippen molar-refractivity contribution in [3.63, 3.8) is 0 Å². The number of nitrogens with one attached hydrogen (secondary N) is 1. The summed E-state index contributed by atoms with van der Waals surface area (Å²) in [5.74, 6) is 0. The lowest BCUT2D eigenvalue weighted by molar-refractivity contribution is 1.15. The molecule has 0 fully saturated rings. The first kappa shape index (κ1) is 10.7. The summed E-state index contributed by atoms with van der Waals surface area (Å²) in [6.07, 6.45) is 8.36. The van der Waals surface area contributed by atoms with Gasteiger partial charge in [0.25, 0.3) is 0 Å². The number of benzene rings is 1. The first-order chi connectivity index (χ1) is 7.85. The zero-order valence-corrected chi connectivity index (χ0v) is 9.66. The molecule has 0 unspecified atom stereocenters. The molecule has 0 amide bonds. The van der Waals surface area contributed by atoms with Crippen LogP contribution in [0.4, 0.5) is 5.69 Å². The Kier molecular flexibility index (Phi) is 3.25. The quantitative estimate of drug-likeness (QED) is 0.743. The van der Waals surface area contributed by atoms with Gasteiger partial charge in [-0.15, -0.1) is 0 Å². The zero-order valence-electron chi connectivity index (χ0n) is 9.66. The van der Waals surface area contributed by atoms with Crippen LogP contribution >= 0.6 is 0 Å². The molecule has 1 aromatic carbocycles. The fourth-order valence-corrected chi connectivity index (χ4v) is 1.94. The molecule has 0 saturated heterocycles. The van der Waals surface area contributed by atoms with E-state index in [-0.39, 0.29) is 0 Å². The van der Waals surface area contributed by atoms with Crippen LogP contribution in [0.15, 0.2) is 60.3 Å². The van der Waals surface area contributed by atoms with Gasteiger partial charge < -0.3 is 5.32 Å². The topological polar surface area (TPSA) is 12.0 Å². The molecule has 1 nitrogen and oxygen atoms in total. The van der Waals surface area contributed by atoms with Crippen LogP contribution in [-0.4, -0.2) is 0 Å². The minimum Gasteiger partial charge on any atom is -0.355 e. The molecule has 0 radical (unpaired) electrons. The van der Waals surface area contributed by atoms with Gasteiger partial charge in [-0.25, -0.2) is 0 Å². The summed E-state index contributed by atoms with van der Waals surface area (Å²) < 4.78 is 0. The van der Waals surface area contributed by atoms with Crippen molar-refractivity contribution >= 4 is 5.69 Å². The van der Waals surface area contributed by atoms with Crippen molar-refractivity contribution in [1.82, 2.24) is 0 Å². The van der Waals surface area contributed by atoms with Crippen molar-refractivity contribution in [3.05, 3.63) is 65.9 Å². The molecule has 0 aliphatic carbocycles. The van der Waals surface area contributed by atoms with Crippen molar-refractivity contribution in [1.29, 1.82) is 0 Å². The molecule has 0 saturated carbocycles. The van der Waals surface area contributed by atoms with Gasteiger partial charge in [-0.05, 0) is 30.0 Å². The highest BCUT2D eigenvalue weighted by molar-refractivity contribution is 5.63. The molecule has 0 aromatic heterocycles. The van der Waals surface area contributed by atoms with Crippen molar-refractivity contribution in [3.8, 4) is 0 Å². The highest BCUT2D eigenvalue weighted by atomic mass is 14.9. The Morgan fingerprint density at radius 3 is 3.00 bits per heavy atom. The van der Waals surface area contributed by atoms with Crippen LogP contribution < -0.4 is 5.32 Å². The van der Waals surface area contributed by atoms with Crippen LogP contribution in [0.5, 0.6) is 0 Å². The summed E-state index contributed by atoms with van der Waals surface area (Å²) in [5, 5.41) is 3.45. The summed E-state index contributed by atoms with van der Waals surface area (Å²) in [5.41, 5.74) is 4.93. The van der Waals surface area contributed by atoms with Gasteiger partial charge in [-0.3, -0.25) is 0 Å². The van der Waals surface area contributed by atoms with Crippen LogP contribution in [0.3, 0.4) is 0 Å². The standard InChI is InChI=1S/C15H17N/c1-3-7-12(4-2)15-11-10-13-8-5-6-9-14(13)16-15/h4-9,11,16H,2-3,10H2,1H3/b12-7+. The maximum absolute atomic E-state index is 3.86. The van der Waals surface area contributed by atoms with Crippen LogP contribution in [0.1, 0.15) is 18.9 Å². The van der Waals surface area contributed by atoms with E-state index < -0.39 is 0 Å². The molecule has 1 N–H and O–H groups in total. The van der Waals surface area contributed by atoms with E-state index in [0.717, 1.165) is 12.8 Å². The second-order valence-electron chi connectivity index (χ2n) is 3.88. The maximum Gasteiger partial charge on any atom is 0.0420 e. The highest BCUT2D eigenvalue weighted by Gasteiger charge is 2.10. The molecule has 1 aromatic rings. The summed E-state index contributed by atoms with van der Waals surface area (Å²) in [7, 11) is 0. The lowest BCUT2D eigenvalue weighted by Crippen LogP contribution is -2.09. The number of rotatable bonds is 3. The fraction of sp³-hybridized carbons (Fsp3) is 0.200. The second-order valence-corrected chi connectivity index (χ2v) is 3.88. The molecule has 1 aliphatic rings. The average Bonchev–Trinajstić information content (AvgIpc) is 2.35. The Morgan fingerprint density at radius 1 is 1.44 bits per heavy atom. The van der Waals surface area contributed by atoms with Crippen molar-refractivity contribution in [2.24, 2.45) is 0 Å². The Morgan fingerprint density at radius 2 is 2.25 bits per heavy atom. The first-order valence-corrected chi connectivity index (χ1v) is 5.73. The van der Waals surface area contributed by atoms with Crippen molar-refractivity contribution < 1.29 is 0 Å². The molecule has 0 bridgehead atoms. The molecule has 1 aliphatic heterocycles. The predicted molar refractivity (Wildman–Crippen MR) is 70.4 cm³/mol. The molecule has 2 rings (SSSR count). The number of allylic oxidation sites excluding steroid dienone is 3. The van der Waals surface area contributed by atoms with Gasteiger partial charge in [-0.2, -0.15) is 0 Å². The number of para-hydroxylation sites is 1. The summed E-state index contributed by atoms with van der Waals surface area (Å²) in [4.78, 5) is 0. The lowest BCUT2D eigenvalue weighted by atomic mass is 10.0. The summed E-state index contributed by atoms with van der Waals surface area (Å²) in [6, 6.07) is 8.42. The van der Waals surface area contributed by atoms with E-state index >= 15 is 0 Å². The molecule has 0 atom stereocenters. The summed E-state index contributed by atoms with van der Waals surface area (Å²) in [6.45, 7) is 6.00. The van der Waals surface area contributed by atoms with Gasteiger partial charge in [0.1, 0.15) is 0 Å². The highest BCUT2D eigenvalue weighted by Crippen LogP contribution is 2.26. The van der Waals surface area contributed by atoms with Gasteiger partial charge in [0.2, 0.25) is 0 Å². The van der Waals surface area contributed by atoms with E-state index in [9.17, 15) is 0 Å². The van der Waals surface area contributed by atoms with Crippen LogP contribution in [0.25, 0.3) is 0 Å². The van der Waals surface area contributed by atoms with Gasteiger partial charge in [0.05, 0.1) is 0 Å². The number of hydrogen-bond acceptors (Lipinski definition) is 1. The normalized spacial score (nSPS) is 14.8. The van der Waals surface area contributed by atoms with Gasteiger partial charge in [0.15, 0.2) is 0 Å². The maximum atomic E-state index is 3.86. The lowest BCUT2D eigenvalue weighted by Gasteiger charge is -2.20. The predicted octanol–water partition coefficient (Wildman–Crippen LogP) is 4.06. The van der Waals surface area contributed by atoms with Crippen molar-refractivity contribution in [2.45, 2.75) is 19.8 Å². The third-order valence-corrected chi connectivity index (χ3v) is 2.77. The van der Waals surface area contributed by atoms with Gasteiger partial charge in [0, 0.05) is 11.4 Å². The SMILES string of the molecule is C=C/C(=C\CC)C1=CCc2ccccc2N1. The van der Waals surface area contributed by atoms with E-state index in [4.69, 9.17) is 0 Å². The minimum atomic E-state index is 0.993. The minimum absolute atomic E-state index is 0.993. The Hall–Kier alpha value is -1.76. The van der Waals surface area contributed by atoms with Crippen LogP contribution in [0.2, 0.25) is 0 Å². The van der Waals surface area contributed by atoms with E-state index in [2.05, 4.69) is 55.2 Å². The fourth-order valence-electron chi connectivity index (χ4n) is 1.94. The number of hydrogen-bond donors (Lipinski definition) is 1. The Labute approximate surface area is 97.2 Å². The van der Waals surface area contributed by atoms with Gasteiger partial charge in [-0.1, -0.05) is 49.9 Å². The zero-order chi connectivity index (χ0) is 11.4. The average molecular weight is 211 g/mol. The molecule has 1 heterocycles. The third-order valence-electron chi connectivity index (χ3n) is 2.77. The van der Waals surface area contributed by atoms with E-state index in [1.54, 1.807) is 0 Å². The Balaban J connectivity index is 2.26. The van der Waals surface area contributed by atoms with Crippen LogP contribution in [-0.2, 0) is 6.42 Å². The van der Waals surface area contributed by atoms with E-state index in [1.807, 2.05) is 6.08 Å². The Bertz CT molecular complexity index is 452. The monoisotopic (exact) mass is 211 g/mol. The first-order valence-electron chi connectivity index (χ1n) is 5.73. The van der Waals surface area contributed by atoms with Gasteiger partial charge >= 0.3 is 0 Å². The molecular formula is C15H17N. The molecule has 0 spiro atoms. The largest absolute Gasteiger partial charge is 0.355 e. The number of anilines is 1. The number of fused-ring (bicyclic) bond motifs is 1. The van der Waals surface area contributed by atoms with E-state index in [0.29, 0.717) is 0 Å². The molecule has 82 valence electrons. The summed E-state index contributed by atoms with van der Waals surface area (Å²) >= 11 is 0. The molecule has 1 heteroatoms. The van der Waals surface area contributed by atoms with E-state index in [1.165, 1.54) is 22.5 Å². The second kappa shape index (κ2) is 4.84. The van der Waals surface area contributed by atoms with Crippen LogP contribution in [0, 0.1) is 0 Å². The van der Waals surface area contributed by atoms with Crippen molar-refractivity contribution in [2.75, 3.05) is 5.32 Å². The third kappa shape index (κ3) is 2.08.